The molecule has 1 amide bonds. The Morgan fingerprint density at radius 2 is 1.86 bits per heavy atom. The molecule has 1 aliphatic rings. The minimum atomic E-state index is -0.122. The largest absolute Gasteiger partial charge is 0.355 e. The van der Waals surface area contributed by atoms with Crippen molar-refractivity contribution >= 4 is 11.7 Å². The van der Waals surface area contributed by atoms with E-state index in [0.717, 1.165) is 6.54 Å². The normalized spacial score (nSPS) is 17.8. The average molecular weight is 197 g/mol. The van der Waals surface area contributed by atoms with Crippen LogP contribution in [-0.4, -0.2) is 18.2 Å². The molecule has 14 heavy (non-hydrogen) atoms. The maximum atomic E-state index is 11.2. The fourth-order valence-corrected chi connectivity index (χ4v) is 1.94. The summed E-state index contributed by atoms with van der Waals surface area (Å²) in [5.41, 5.74) is 0. The molecule has 1 N–H and O–H groups in total. The van der Waals surface area contributed by atoms with Crippen molar-refractivity contribution in [2.45, 2.75) is 45.4 Å². The van der Waals surface area contributed by atoms with E-state index >= 15 is 0 Å². The van der Waals surface area contributed by atoms with Gasteiger partial charge < -0.3 is 5.32 Å². The van der Waals surface area contributed by atoms with Gasteiger partial charge in [-0.05, 0) is 25.7 Å². The molecular weight excluding hydrogens is 178 g/mol. The van der Waals surface area contributed by atoms with E-state index in [2.05, 4.69) is 5.32 Å². The van der Waals surface area contributed by atoms with Gasteiger partial charge in [0.05, 0.1) is 6.42 Å². The van der Waals surface area contributed by atoms with Crippen molar-refractivity contribution in [2.75, 3.05) is 6.54 Å². The zero-order chi connectivity index (χ0) is 10.4. The van der Waals surface area contributed by atoms with Gasteiger partial charge in [0.2, 0.25) is 5.91 Å². The Kier molecular flexibility index (Phi) is 4.63. The van der Waals surface area contributed by atoms with Crippen LogP contribution in [0.3, 0.4) is 0 Å². The van der Waals surface area contributed by atoms with E-state index in [-0.39, 0.29) is 18.1 Å². The molecule has 1 saturated carbocycles. The lowest BCUT2D eigenvalue weighted by atomic mass is 9.89. The van der Waals surface area contributed by atoms with Gasteiger partial charge in [-0.1, -0.05) is 19.3 Å². The van der Waals surface area contributed by atoms with E-state index in [0.29, 0.717) is 5.92 Å². The van der Waals surface area contributed by atoms with E-state index in [4.69, 9.17) is 0 Å². The summed E-state index contributed by atoms with van der Waals surface area (Å²) in [6.07, 6.45) is 6.38. The molecule has 0 heterocycles. The third-order valence-corrected chi connectivity index (χ3v) is 2.72. The lowest BCUT2D eigenvalue weighted by Gasteiger charge is -2.21. The quantitative estimate of drug-likeness (QED) is 0.697. The Bertz CT molecular complexity index is 207. The monoisotopic (exact) mass is 197 g/mol. The number of hydrogen-bond donors (Lipinski definition) is 1. The summed E-state index contributed by atoms with van der Waals surface area (Å²) < 4.78 is 0. The Balaban J connectivity index is 2.12. The summed E-state index contributed by atoms with van der Waals surface area (Å²) in [4.78, 5) is 21.8. The standard InChI is InChI=1S/C11H19NO2/c1-9(13)7-11(14)12-8-10-5-3-2-4-6-10/h10H,2-8H2,1H3,(H,12,14). The number of nitrogens with one attached hydrogen (secondary N) is 1. The minimum Gasteiger partial charge on any atom is -0.355 e. The highest BCUT2D eigenvalue weighted by molar-refractivity contribution is 5.96. The predicted molar refractivity (Wildman–Crippen MR) is 54.9 cm³/mol. The second kappa shape index (κ2) is 5.78. The summed E-state index contributed by atoms with van der Waals surface area (Å²) in [5, 5.41) is 2.82. The Hall–Kier alpha value is -0.860. The van der Waals surface area contributed by atoms with Crippen LogP contribution in [0.5, 0.6) is 0 Å². The van der Waals surface area contributed by atoms with Crippen LogP contribution in [0.2, 0.25) is 0 Å². The van der Waals surface area contributed by atoms with Crippen LogP contribution in [-0.2, 0) is 9.59 Å². The van der Waals surface area contributed by atoms with E-state index < -0.39 is 0 Å². The van der Waals surface area contributed by atoms with Gasteiger partial charge in [-0.2, -0.15) is 0 Å². The van der Waals surface area contributed by atoms with E-state index in [1.54, 1.807) is 0 Å². The van der Waals surface area contributed by atoms with Crippen molar-refractivity contribution < 1.29 is 9.59 Å². The molecule has 80 valence electrons. The molecule has 0 unspecified atom stereocenters. The maximum Gasteiger partial charge on any atom is 0.227 e. The van der Waals surface area contributed by atoms with Gasteiger partial charge in [-0.15, -0.1) is 0 Å². The van der Waals surface area contributed by atoms with Crippen LogP contribution in [0.15, 0.2) is 0 Å². The van der Waals surface area contributed by atoms with Gasteiger partial charge in [0.25, 0.3) is 0 Å². The third-order valence-electron chi connectivity index (χ3n) is 2.72. The molecule has 1 rings (SSSR count). The first-order valence-corrected chi connectivity index (χ1v) is 5.44. The molecule has 0 radical (unpaired) electrons. The number of hydrogen-bond acceptors (Lipinski definition) is 2. The highest BCUT2D eigenvalue weighted by Gasteiger charge is 2.14. The molecule has 3 heteroatoms. The zero-order valence-corrected chi connectivity index (χ0v) is 8.84. The number of rotatable bonds is 4. The van der Waals surface area contributed by atoms with Crippen LogP contribution < -0.4 is 5.32 Å². The first-order chi connectivity index (χ1) is 6.68. The van der Waals surface area contributed by atoms with E-state index in [1.807, 2.05) is 0 Å². The molecular formula is C11H19NO2. The fraction of sp³-hybridized carbons (Fsp3) is 0.818. The van der Waals surface area contributed by atoms with Crippen molar-refractivity contribution in [1.29, 1.82) is 0 Å². The van der Waals surface area contributed by atoms with Crippen LogP contribution >= 0.6 is 0 Å². The third kappa shape index (κ3) is 4.40. The predicted octanol–water partition coefficient (Wildman–Crippen LogP) is 1.66. The lowest BCUT2D eigenvalue weighted by Crippen LogP contribution is -2.31. The summed E-state index contributed by atoms with van der Waals surface area (Å²) in [6, 6.07) is 0. The van der Waals surface area contributed by atoms with Crippen molar-refractivity contribution in [3.05, 3.63) is 0 Å². The van der Waals surface area contributed by atoms with Crippen molar-refractivity contribution in [1.82, 2.24) is 5.32 Å². The summed E-state index contributed by atoms with van der Waals surface area (Å²) in [6.45, 7) is 2.20. The van der Waals surface area contributed by atoms with E-state index in [9.17, 15) is 9.59 Å². The maximum absolute atomic E-state index is 11.2. The summed E-state index contributed by atoms with van der Waals surface area (Å²) in [5.74, 6) is 0.453. The molecule has 0 spiro atoms. The van der Waals surface area contributed by atoms with Crippen molar-refractivity contribution in [3.8, 4) is 0 Å². The molecule has 3 nitrogen and oxygen atoms in total. The zero-order valence-electron chi connectivity index (χ0n) is 8.84. The van der Waals surface area contributed by atoms with Gasteiger partial charge in [-0.3, -0.25) is 9.59 Å². The van der Waals surface area contributed by atoms with Crippen LogP contribution in [0.1, 0.15) is 45.4 Å². The molecule has 0 saturated heterocycles. The van der Waals surface area contributed by atoms with Crippen molar-refractivity contribution in [2.24, 2.45) is 5.92 Å². The first-order valence-electron chi connectivity index (χ1n) is 5.44. The lowest BCUT2D eigenvalue weighted by molar-refractivity contribution is -0.127. The fourth-order valence-electron chi connectivity index (χ4n) is 1.94. The van der Waals surface area contributed by atoms with Crippen LogP contribution in [0, 0.1) is 5.92 Å². The Labute approximate surface area is 85.3 Å². The highest BCUT2D eigenvalue weighted by Crippen LogP contribution is 2.22. The van der Waals surface area contributed by atoms with Gasteiger partial charge in [-0.25, -0.2) is 0 Å². The van der Waals surface area contributed by atoms with Gasteiger partial charge >= 0.3 is 0 Å². The molecule has 1 aliphatic carbocycles. The first kappa shape index (κ1) is 11.2. The smallest absolute Gasteiger partial charge is 0.227 e. The SMILES string of the molecule is CC(=O)CC(=O)NCC1CCCCC1. The highest BCUT2D eigenvalue weighted by atomic mass is 16.2. The molecule has 0 atom stereocenters. The number of carbonyl (C=O) groups is 2. The Morgan fingerprint density at radius 3 is 2.43 bits per heavy atom. The van der Waals surface area contributed by atoms with Gasteiger partial charge in [0.1, 0.15) is 5.78 Å². The second-order valence-electron chi connectivity index (χ2n) is 4.19. The molecule has 0 aromatic heterocycles. The van der Waals surface area contributed by atoms with Crippen LogP contribution in [0.4, 0.5) is 0 Å². The molecule has 0 bridgehead atoms. The van der Waals surface area contributed by atoms with E-state index in [1.165, 1.54) is 39.0 Å². The average Bonchev–Trinajstić information content (AvgIpc) is 2.15. The summed E-state index contributed by atoms with van der Waals surface area (Å²) >= 11 is 0. The number of amides is 1. The minimum absolute atomic E-state index is 0.0344. The van der Waals surface area contributed by atoms with Crippen LogP contribution in [0.25, 0.3) is 0 Å². The van der Waals surface area contributed by atoms with Gasteiger partial charge in [0, 0.05) is 6.54 Å². The molecule has 0 aromatic rings. The van der Waals surface area contributed by atoms with Crippen molar-refractivity contribution in [3.63, 3.8) is 0 Å². The molecule has 0 aliphatic heterocycles. The van der Waals surface area contributed by atoms with Gasteiger partial charge in [0.15, 0.2) is 0 Å². The Morgan fingerprint density at radius 1 is 1.21 bits per heavy atom. The number of ketones is 1. The molecule has 0 aromatic carbocycles. The number of carbonyl (C=O) groups excluding carboxylic acids is 2. The topological polar surface area (TPSA) is 46.2 Å². The molecule has 1 fully saturated rings. The number of Topliss-reactive ketones (excluding diaryl/α,β-unsaturated/α-hetero) is 1. The second-order valence-corrected chi connectivity index (χ2v) is 4.19. The summed E-state index contributed by atoms with van der Waals surface area (Å²) in [7, 11) is 0.